The number of carbonyl (C=O) groups is 2. The van der Waals surface area contributed by atoms with Crippen molar-refractivity contribution < 1.29 is 31.9 Å². The van der Waals surface area contributed by atoms with Crippen LogP contribution in [0.2, 0.25) is 5.02 Å². The van der Waals surface area contributed by atoms with Crippen molar-refractivity contribution in [2.45, 2.75) is 36.2 Å². The van der Waals surface area contributed by atoms with Crippen LogP contribution in [0.5, 0.6) is 0 Å². The topological polar surface area (TPSA) is 140 Å². The monoisotopic (exact) mass is 685 g/mol. The maximum Gasteiger partial charge on any atom is 0.407 e. The molecule has 1 aliphatic rings. The number of alkyl carbamates (subject to hydrolysis) is 1. The lowest BCUT2D eigenvalue weighted by Crippen LogP contribution is -2.47. The summed E-state index contributed by atoms with van der Waals surface area (Å²) in [5.74, 6) is -4.25. The molecule has 2 amide bonds. The number of halogens is 5. The molecule has 2 atom stereocenters. The van der Waals surface area contributed by atoms with Gasteiger partial charge in [-0.15, -0.1) is 0 Å². The van der Waals surface area contributed by atoms with Crippen LogP contribution in [0.3, 0.4) is 0 Å². The number of hydrogen-bond donors (Lipinski definition) is 3. The second kappa shape index (κ2) is 14.5. The first-order valence-electron chi connectivity index (χ1n) is 14.5. The molecule has 1 aromatic heterocycles. The van der Waals surface area contributed by atoms with Gasteiger partial charge in [0.2, 0.25) is 0 Å². The van der Waals surface area contributed by atoms with Gasteiger partial charge in [0.1, 0.15) is 42.5 Å². The summed E-state index contributed by atoms with van der Waals surface area (Å²) in [6.07, 6.45) is 2.58. The van der Waals surface area contributed by atoms with Crippen molar-refractivity contribution in [2.24, 2.45) is 10.1 Å². The van der Waals surface area contributed by atoms with E-state index in [0.29, 0.717) is 0 Å². The number of guanidine groups is 1. The van der Waals surface area contributed by atoms with Crippen molar-refractivity contribution >= 4 is 71.8 Å². The summed E-state index contributed by atoms with van der Waals surface area (Å²) in [5, 5.41) is 21.1. The van der Waals surface area contributed by atoms with Crippen molar-refractivity contribution in [1.82, 2.24) is 25.3 Å². The highest BCUT2D eigenvalue weighted by molar-refractivity contribution is 6.56. The molecular weight excluding hydrogens is 654 g/mol. The van der Waals surface area contributed by atoms with Crippen LogP contribution in [0.25, 0.3) is 11.1 Å². The maximum absolute atomic E-state index is 14.1. The maximum atomic E-state index is 14.1. The molecule has 0 bridgehead atoms. The van der Waals surface area contributed by atoms with Gasteiger partial charge >= 0.3 is 12.6 Å². The predicted molar refractivity (Wildman–Crippen MR) is 183 cm³/mol. The summed E-state index contributed by atoms with van der Waals surface area (Å²) in [6, 6.07) is 7.51. The van der Waals surface area contributed by atoms with Gasteiger partial charge in [0.05, 0.1) is 22.9 Å². The molecule has 0 spiro atoms. The van der Waals surface area contributed by atoms with Crippen LogP contribution < -0.4 is 15.6 Å². The first-order chi connectivity index (χ1) is 22.6. The first kappa shape index (κ1) is 36.0. The Morgan fingerprint density at radius 2 is 1.92 bits per heavy atom. The second-order valence-corrected chi connectivity index (χ2v) is 12.1. The third-order valence-corrected chi connectivity index (χ3v) is 7.60. The summed E-state index contributed by atoms with van der Waals surface area (Å²) < 4.78 is 61.9. The van der Waals surface area contributed by atoms with E-state index in [0.717, 1.165) is 22.4 Å². The molecule has 1 aliphatic carbocycles. The number of aliphatic imine (C=N–C) groups is 1. The van der Waals surface area contributed by atoms with E-state index >= 15 is 0 Å². The zero-order chi connectivity index (χ0) is 35.4. The minimum absolute atomic E-state index is 0.0888. The molecule has 0 unspecified atom stereocenters. The Hall–Kier alpha value is -4.80. The zero-order valence-electron chi connectivity index (χ0n) is 26.4. The average Bonchev–Trinajstić information content (AvgIpc) is 3.38. The fourth-order valence-electron chi connectivity index (χ4n) is 4.55. The van der Waals surface area contributed by atoms with E-state index in [4.69, 9.17) is 21.7 Å². The lowest BCUT2D eigenvalue weighted by molar-refractivity contribution is 0.0682. The number of carbonyl (C=O) groups excluding carboxylic acids is 2. The Bertz CT molecular complexity index is 1710. The zero-order valence-corrected chi connectivity index (χ0v) is 27.2. The van der Waals surface area contributed by atoms with Crippen LogP contribution in [0.15, 0.2) is 65.0 Å². The Balaban J connectivity index is 1.72. The van der Waals surface area contributed by atoms with Crippen LogP contribution in [0.1, 0.15) is 28.4 Å². The summed E-state index contributed by atoms with van der Waals surface area (Å²) in [6.45, 7) is -0.673. The normalized spacial score (nSPS) is 15.9. The molecule has 1 saturated carbocycles. The van der Waals surface area contributed by atoms with E-state index in [-0.39, 0.29) is 32.1 Å². The number of nitrogens with zero attached hydrogens (tertiary/aromatic N) is 6. The third-order valence-electron chi connectivity index (χ3n) is 7.28. The highest BCUT2D eigenvalue weighted by atomic mass is 35.5. The van der Waals surface area contributed by atoms with Gasteiger partial charge < -0.3 is 15.4 Å². The Kier molecular flexibility index (Phi) is 10.9. The number of hydrazone groups is 1. The van der Waals surface area contributed by atoms with Crippen molar-refractivity contribution in [3.63, 3.8) is 0 Å². The van der Waals surface area contributed by atoms with E-state index in [2.05, 4.69) is 27.2 Å². The highest BCUT2D eigenvalue weighted by Gasteiger charge is 2.58. The van der Waals surface area contributed by atoms with Gasteiger partial charge in [-0.1, -0.05) is 29.8 Å². The SMILES string of the molecule is BC(B)(B)n1cc(-c2ccc(C(=O)N(C(=N)NC)[C@H](COC(=O)N[C@H]3CC3(F)F)c3ccc(Cl)c(N(/N=C\N=C)C(F)F)c3)cc2)cn1. The fourth-order valence-corrected chi connectivity index (χ4v) is 4.76. The molecule has 1 fully saturated rings. The number of nitrogens with one attached hydrogen (secondary N) is 3. The largest absolute Gasteiger partial charge is 0.447 e. The van der Waals surface area contributed by atoms with Crippen LogP contribution in [0, 0.1) is 5.41 Å². The molecule has 1 heterocycles. The van der Waals surface area contributed by atoms with Crippen molar-refractivity contribution in [3.8, 4) is 11.1 Å². The molecule has 2 aromatic carbocycles. The summed E-state index contributed by atoms with van der Waals surface area (Å²) in [7, 11) is 7.38. The second-order valence-electron chi connectivity index (χ2n) is 11.7. The minimum atomic E-state index is -3.18. The van der Waals surface area contributed by atoms with Crippen LogP contribution in [-0.4, -0.2) is 101 Å². The number of hydrogen-bond acceptors (Lipinski definition) is 7. The third kappa shape index (κ3) is 8.37. The smallest absolute Gasteiger partial charge is 0.407 e. The highest BCUT2D eigenvalue weighted by Crippen LogP contribution is 2.41. The first-order valence-corrected chi connectivity index (χ1v) is 14.9. The lowest BCUT2D eigenvalue weighted by atomic mass is 9.49. The quantitative estimate of drug-likeness (QED) is 0.0664. The Labute approximate surface area is 281 Å². The molecule has 0 radical (unpaired) electrons. The van der Waals surface area contributed by atoms with Gasteiger partial charge in [0, 0.05) is 30.8 Å². The van der Waals surface area contributed by atoms with Crippen molar-refractivity contribution in [3.05, 3.63) is 71.0 Å². The number of amides is 2. The van der Waals surface area contributed by atoms with E-state index in [1.54, 1.807) is 23.0 Å². The molecule has 3 N–H and O–H groups in total. The van der Waals surface area contributed by atoms with Gasteiger partial charge in [-0.2, -0.15) is 19.0 Å². The molecule has 0 aliphatic heterocycles. The van der Waals surface area contributed by atoms with Crippen LogP contribution in [-0.2, 0) is 9.97 Å². The average molecular weight is 685 g/mol. The lowest BCUT2D eigenvalue weighted by Gasteiger charge is -2.32. The number of benzene rings is 2. The van der Waals surface area contributed by atoms with Gasteiger partial charge in [-0.05, 0) is 47.3 Å². The van der Waals surface area contributed by atoms with E-state index in [1.807, 2.05) is 35.1 Å². The molecule has 250 valence electrons. The number of ether oxygens (including phenoxy) is 1. The summed E-state index contributed by atoms with van der Waals surface area (Å²) >= 11 is 6.25. The van der Waals surface area contributed by atoms with Gasteiger partial charge in [-0.25, -0.2) is 18.6 Å². The Morgan fingerprint density at radius 3 is 2.46 bits per heavy atom. The number of aromatic nitrogens is 2. The fraction of sp³-hybridized carbons (Fsp3) is 0.286. The molecular formula is C28H31B3ClF4N9O3. The molecule has 4 rings (SSSR count). The van der Waals surface area contributed by atoms with Crippen LogP contribution >= 0.6 is 11.6 Å². The molecule has 20 heteroatoms. The molecule has 0 saturated heterocycles. The molecule has 3 aromatic rings. The molecule has 12 nitrogen and oxygen atoms in total. The standard InChI is InChI=1S/C28H31B3ClF4N9O3/c1-38-14-41-45(24(33)34)20-9-17(7-8-19(20)32)21(13-48-26(47)42-22-10-27(22,35)36)44(25(37)39-2)23(46)16-5-3-15(4-6-16)18-11-40-43(12-18)28(29,30)31/h3-9,11-12,14,21-22,24H,1,10,13,29-31H2,2H3,(H2,37,39)(H,42,47)/b41-14-/t21-,22+/m1/s1. The Morgan fingerprint density at radius 1 is 1.25 bits per heavy atom. The molecule has 48 heavy (non-hydrogen) atoms. The van der Waals surface area contributed by atoms with Gasteiger partial charge in [0.25, 0.3) is 11.8 Å². The van der Waals surface area contributed by atoms with Crippen molar-refractivity contribution in [2.75, 3.05) is 18.7 Å². The number of rotatable bonds is 12. The summed E-state index contributed by atoms with van der Waals surface area (Å²) in [4.78, 5) is 30.8. The van der Waals surface area contributed by atoms with Gasteiger partial charge in [0.15, 0.2) is 5.96 Å². The number of anilines is 1. The minimum Gasteiger partial charge on any atom is -0.447 e. The van der Waals surface area contributed by atoms with Gasteiger partial charge in [-0.3, -0.25) is 24.8 Å². The predicted octanol–water partition coefficient (Wildman–Crippen LogP) is 1.81. The summed E-state index contributed by atoms with van der Waals surface area (Å²) in [5.41, 5.74) is 1.47. The van der Waals surface area contributed by atoms with Crippen LogP contribution in [0.4, 0.5) is 28.0 Å². The van der Waals surface area contributed by atoms with Crippen molar-refractivity contribution in [1.29, 1.82) is 5.41 Å². The number of alkyl halides is 4. The van der Waals surface area contributed by atoms with E-state index < -0.39 is 55.5 Å². The van der Waals surface area contributed by atoms with E-state index in [9.17, 15) is 27.2 Å². The van der Waals surface area contributed by atoms with E-state index in [1.165, 1.54) is 37.4 Å².